The molecule has 1 rings (SSSR count). The van der Waals surface area contributed by atoms with E-state index in [1.165, 1.54) is 18.2 Å². The third-order valence-corrected chi connectivity index (χ3v) is 2.71. The molecule has 0 spiro atoms. The highest BCUT2D eigenvalue weighted by Gasteiger charge is 2.11. The fourth-order valence-electron chi connectivity index (χ4n) is 1.19. The van der Waals surface area contributed by atoms with Crippen molar-refractivity contribution in [1.82, 2.24) is 4.90 Å². The molecule has 0 heterocycles. The van der Waals surface area contributed by atoms with E-state index in [2.05, 4.69) is 5.32 Å². The number of anilines is 1. The molecule has 94 valence electrons. The molecule has 0 fully saturated rings. The largest absolute Gasteiger partial charge is 0.322 e. The zero-order valence-corrected chi connectivity index (χ0v) is 10.9. The smallest absolute Gasteiger partial charge is 0.238 e. The maximum Gasteiger partial charge on any atom is 0.238 e. The summed E-state index contributed by atoms with van der Waals surface area (Å²) in [7, 11) is 1.84. The first-order chi connectivity index (χ1) is 7.90. The highest BCUT2D eigenvalue weighted by Crippen LogP contribution is 2.18. The number of nitrogens with one attached hydrogen (secondary N) is 1. The lowest BCUT2D eigenvalue weighted by Crippen LogP contribution is -2.34. The van der Waals surface area contributed by atoms with Gasteiger partial charge in [-0.3, -0.25) is 9.69 Å². The topological polar surface area (TPSA) is 32.3 Å². The second-order valence-electron chi connectivity index (χ2n) is 4.18. The normalized spacial score (nSPS) is 11.0. The monoisotopic (exact) mass is 258 g/mol. The van der Waals surface area contributed by atoms with Crippen LogP contribution in [0.15, 0.2) is 18.2 Å². The number of carbonyl (C=O) groups is 1. The Hall–Kier alpha value is -1.13. The number of likely N-dealkylation sites (N-methyl/N-ethyl adjacent to an activating group) is 1. The zero-order chi connectivity index (χ0) is 13.0. The van der Waals surface area contributed by atoms with Crippen LogP contribution in [0.5, 0.6) is 0 Å². The van der Waals surface area contributed by atoms with Crippen LogP contribution in [0.4, 0.5) is 10.1 Å². The zero-order valence-electron chi connectivity index (χ0n) is 10.1. The van der Waals surface area contributed by atoms with E-state index in [0.717, 1.165) is 0 Å². The van der Waals surface area contributed by atoms with E-state index in [0.29, 0.717) is 5.02 Å². The predicted molar refractivity (Wildman–Crippen MR) is 67.8 cm³/mol. The minimum Gasteiger partial charge on any atom is -0.322 e. The Morgan fingerprint density at radius 3 is 2.71 bits per heavy atom. The van der Waals surface area contributed by atoms with Crippen molar-refractivity contribution in [3.8, 4) is 0 Å². The molecule has 0 bridgehead atoms. The van der Waals surface area contributed by atoms with E-state index in [1.54, 1.807) is 0 Å². The first-order valence-corrected chi connectivity index (χ1v) is 5.73. The number of hydrogen-bond donors (Lipinski definition) is 1. The molecule has 1 N–H and O–H groups in total. The molecular weight excluding hydrogens is 243 g/mol. The van der Waals surface area contributed by atoms with Crippen LogP contribution in [0.25, 0.3) is 0 Å². The molecule has 1 amide bonds. The summed E-state index contributed by atoms with van der Waals surface area (Å²) in [4.78, 5) is 13.5. The number of nitrogens with zero attached hydrogens (tertiary/aromatic N) is 1. The van der Waals surface area contributed by atoms with Crippen molar-refractivity contribution in [3.05, 3.63) is 29.0 Å². The van der Waals surface area contributed by atoms with Gasteiger partial charge in [-0.05, 0) is 39.1 Å². The van der Waals surface area contributed by atoms with Crippen LogP contribution in [-0.2, 0) is 4.79 Å². The molecule has 0 radical (unpaired) electrons. The Labute approximate surface area is 106 Å². The molecule has 0 aliphatic rings. The fraction of sp³-hybridized carbons (Fsp3) is 0.417. The van der Waals surface area contributed by atoms with Crippen molar-refractivity contribution in [2.45, 2.75) is 19.9 Å². The van der Waals surface area contributed by atoms with Crippen LogP contribution < -0.4 is 5.32 Å². The lowest BCUT2D eigenvalue weighted by molar-refractivity contribution is -0.117. The van der Waals surface area contributed by atoms with Crippen LogP contribution in [0, 0.1) is 5.82 Å². The van der Waals surface area contributed by atoms with Gasteiger partial charge in [0, 0.05) is 11.1 Å². The van der Waals surface area contributed by atoms with Gasteiger partial charge in [-0.1, -0.05) is 11.6 Å². The van der Waals surface area contributed by atoms with Gasteiger partial charge in [0.05, 0.1) is 12.2 Å². The lowest BCUT2D eigenvalue weighted by atomic mass is 10.3. The Morgan fingerprint density at radius 1 is 1.53 bits per heavy atom. The molecule has 0 atom stereocenters. The minimum absolute atomic E-state index is 0.150. The number of rotatable bonds is 4. The van der Waals surface area contributed by atoms with Gasteiger partial charge in [0.2, 0.25) is 5.91 Å². The fourth-order valence-corrected chi connectivity index (χ4v) is 1.35. The molecular formula is C12H16ClFN2O. The second-order valence-corrected chi connectivity index (χ2v) is 4.62. The first kappa shape index (κ1) is 13.9. The van der Waals surface area contributed by atoms with Gasteiger partial charge >= 0.3 is 0 Å². The van der Waals surface area contributed by atoms with Crippen molar-refractivity contribution in [3.63, 3.8) is 0 Å². The Kier molecular flexibility index (Phi) is 4.90. The van der Waals surface area contributed by atoms with Crippen LogP contribution in [0.3, 0.4) is 0 Å². The summed E-state index contributed by atoms with van der Waals surface area (Å²) in [6.45, 7) is 4.19. The summed E-state index contributed by atoms with van der Waals surface area (Å²) >= 11 is 5.62. The van der Waals surface area contributed by atoms with E-state index in [1.807, 2.05) is 25.8 Å². The van der Waals surface area contributed by atoms with Crippen molar-refractivity contribution >= 4 is 23.2 Å². The summed E-state index contributed by atoms with van der Waals surface area (Å²) in [5.41, 5.74) is 0.150. The SMILES string of the molecule is CC(C)N(C)CC(=O)Nc1ccc(Cl)cc1F. The van der Waals surface area contributed by atoms with Gasteiger partial charge in [0.25, 0.3) is 0 Å². The van der Waals surface area contributed by atoms with E-state index in [4.69, 9.17) is 11.6 Å². The summed E-state index contributed by atoms with van der Waals surface area (Å²) in [5.74, 6) is -0.777. The van der Waals surface area contributed by atoms with Gasteiger partial charge in [0.1, 0.15) is 5.82 Å². The predicted octanol–water partition coefficient (Wildman–Crippen LogP) is 2.76. The first-order valence-electron chi connectivity index (χ1n) is 5.35. The minimum atomic E-state index is -0.530. The molecule has 0 saturated carbocycles. The number of carbonyl (C=O) groups excluding carboxylic acids is 1. The summed E-state index contributed by atoms with van der Waals surface area (Å²) in [5, 5.41) is 2.81. The maximum atomic E-state index is 13.4. The molecule has 1 aromatic rings. The third-order valence-electron chi connectivity index (χ3n) is 2.48. The molecule has 0 saturated heterocycles. The van der Waals surface area contributed by atoms with Gasteiger partial charge in [-0.15, -0.1) is 0 Å². The summed E-state index contributed by atoms with van der Waals surface area (Å²) in [6.07, 6.45) is 0. The van der Waals surface area contributed by atoms with Gasteiger partial charge in [0.15, 0.2) is 0 Å². The molecule has 5 heteroatoms. The van der Waals surface area contributed by atoms with Crippen molar-refractivity contribution in [1.29, 1.82) is 0 Å². The molecule has 0 aromatic heterocycles. The Balaban J connectivity index is 2.62. The van der Waals surface area contributed by atoms with E-state index in [-0.39, 0.29) is 24.2 Å². The van der Waals surface area contributed by atoms with E-state index in [9.17, 15) is 9.18 Å². The maximum absolute atomic E-state index is 13.4. The summed E-state index contributed by atoms with van der Waals surface area (Å²) in [6, 6.07) is 4.41. The number of benzene rings is 1. The Bertz CT molecular complexity index is 409. The molecule has 1 aromatic carbocycles. The highest BCUT2D eigenvalue weighted by atomic mass is 35.5. The highest BCUT2D eigenvalue weighted by molar-refractivity contribution is 6.30. The van der Waals surface area contributed by atoms with Crippen LogP contribution in [-0.4, -0.2) is 30.4 Å². The van der Waals surface area contributed by atoms with Crippen LogP contribution in [0.2, 0.25) is 5.02 Å². The second kappa shape index (κ2) is 5.98. The number of hydrogen-bond acceptors (Lipinski definition) is 2. The molecule has 17 heavy (non-hydrogen) atoms. The molecule has 0 unspecified atom stereocenters. The lowest BCUT2D eigenvalue weighted by Gasteiger charge is -2.20. The Morgan fingerprint density at radius 2 is 2.18 bits per heavy atom. The molecule has 0 aliphatic carbocycles. The van der Waals surface area contributed by atoms with Crippen LogP contribution in [0.1, 0.15) is 13.8 Å². The standard InChI is InChI=1S/C12H16ClFN2O/c1-8(2)16(3)7-12(17)15-11-5-4-9(13)6-10(11)14/h4-6,8H,7H2,1-3H3,(H,15,17). The third kappa shape index (κ3) is 4.32. The van der Waals surface area contributed by atoms with Crippen LogP contribution >= 0.6 is 11.6 Å². The van der Waals surface area contributed by atoms with Crippen molar-refractivity contribution in [2.75, 3.05) is 18.9 Å². The van der Waals surface area contributed by atoms with E-state index >= 15 is 0 Å². The van der Waals surface area contributed by atoms with Gasteiger partial charge in [-0.25, -0.2) is 4.39 Å². The average molecular weight is 259 g/mol. The van der Waals surface area contributed by atoms with E-state index < -0.39 is 5.82 Å². The quantitative estimate of drug-likeness (QED) is 0.901. The number of amides is 1. The average Bonchev–Trinajstić information content (AvgIpc) is 2.22. The molecule has 0 aliphatic heterocycles. The number of halogens is 2. The van der Waals surface area contributed by atoms with Crippen molar-refractivity contribution in [2.24, 2.45) is 0 Å². The van der Waals surface area contributed by atoms with Crippen molar-refractivity contribution < 1.29 is 9.18 Å². The van der Waals surface area contributed by atoms with Gasteiger partial charge < -0.3 is 5.32 Å². The summed E-state index contributed by atoms with van der Waals surface area (Å²) < 4.78 is 13.4. The molecule has 3 nitrogen and oxygen atoms in total. The van der Waals surface area contributed by atoms with Gasteiger partial charge in [-0.2, -0.15) is 0 Å².